The number of hydrogen-bond acceptors (Lipinski definition) is 8. The minimum atomic E-state index is -3.92. The van der Waals surface area contributed by atoms with Crippen LogP contribution in [0, 0.1) is 0 Å². The van der Waals surface area contributed by atoms with Gasteiger partial charge in [-0.3, -0.25) is 14.8 Å². The number of carbonyl (C=O) groups is 1. The van der Waals surface area contributed by atoms with Gasteiger partial charge in [0.1, 0.15) is 5.76 Å². The fraction of sp³-hybridized carbons (Fsp3) is 0.0526. The van der Waals surface area contributed by atoms with Crippen LogP contribution in [-0.2, 0) is 14.8 Å². The highest BCUT2D eigenvalue weighted by Gasteiger charge is 2.18. The second-order valence-corrected chi connectivity index (χ2v) is 7.93. The fourth-order valence-corrected chi connectivity index (χ4v) is 3.53. The molecule has 0 saturated heterocycles. The van der Waals surface area contributed by atoms with Gasteiger partial charge in [0.2, 0.25) is 11.7 Å². The summed E-state index contributed by atoms with van der Waals surface area (Å²) in [6.45, 7) is 0. The van der Waals surface area contributed by atoms with Gasteiger partial charge in [0.25, 0.3) is 15.9 Å². The van der Waals surface area contributed by atoms with Gasteiger partial charge < -0.3 is 14.5 Å². The third kappa shape index (κ3) is 6.10. The first kappa shape index (κ1) is 21.9. The molecule has 160 valence electrons. The van der Waals surface area contributed by atoms with Crippen LogP contribution in [0.25, 0.3) is 6.08 Å². The first-order chi connectivity index (χ1) is 14.9. The standard InChI is InChI=1S/C19H17N5O5S2/c1-28-18-17(20-10-11-21-18)24-31(26,27)15-7-4-13(5-8-15)22-19(30)23-16(25)9-6-14-3-2-12-29-14/h2-12H,1H3,(H,20,24)(H2,22,23,25,30). The number of nitrogens with zero attached hydrogens (tertiary/aromatic N) is 2. The van der Waals surface area contributed by atoms with Crippen molar-refractivity contribution in [1.82, 2.24) is 15.3 Å². The number of nitrogens with one attached hydrogen (secondary N) is 3. The lowest BCUT2D eigenvalue weighted by molar-refractivity contribution is -0.115. The molecule has 1 aromatic carbocycles. The Morgan fingerprint density at radius 3 is 2.58 bits per heavy atom. The second-order valence-electron chi connectivity index (χ2n) is 5.84. The maximum absolute atomic E-state index is 12.6. The SMILES string of the molecule is COc1nccnc1NS(=O)(=O)c1ccc(NC(=S)NC(=O)C=Cc2ccco2)cc1. The summed E-state index contributed by atoms with van der Waals surface area (Å²) in [6, 6.07) is 9.14. The molecule has 3 N–H and O–H groups in total. The van der Waals surface area contributed by atoms with Crippen LogP contribution in [-0.4, -0.2) is 36.5 Å². The maximum atomic E-state index is 12.6. The van der Waals surface area contributed by atoms with Crippen molar-refractivity contribution >= 4 is 50.8 Å². The Balaban J connectivity index is 1.60. The largest absolute Gasteiger partial charge is 0.478 e. The average Bonchev–Trinajstić information content (AvgIpc) is 3.26. The molecule has 12 heteroatoms. The lowest BCUT2D eigenvalue weighted by Gasteiger charge is -2.11. The number of amides is 1. The molecule has 3 rings (SSSR count). The van der Waals surface area contributed by atoms with E-state index in [0.717, 1.165) is 0 Å². The van der Waals surface area contributed by atoms with Gasteiger partial charge in [-0.05, 0) is 54.7 Å². The van der Waals surface area contributed by atoms with Crippen molar-refractivity contribution in [2.45, 2.75) is 4.90 Å². The number of carbonyl (C=O) groups excluding carboxylic acids is 1. The van der Waals surface area contributed by atoms with Crippen molar-refractivity contribution in [3.63, 3.8) is 0 Å². The van der Waals surface area contributed by atoms with Gasteiger partial charge in [-0.25, -0.2) is 18.4 Å². The first-order valence-corrected chi connectivity index (χ1v) is 10.6. The van der Waals surface area contributed by atoms with E-state index in [-0.39, 0.29) is 21.7 Å². The summed E-state index contributed by atoms with van der Waals surface area (Å²) in [5, 5.41) is 5.32. The van der Waals surface area contributed by atoms with Crippen molar-refractivity contribution in [2.24, 2.45) is 0 Å². The molecule has 0 aliphatic heterocycles. The van der Waals surface area contributed by atoms with Gasteiger partial charge in [-0.15, -0.1) is 0 Å². The van der Waals surface area contributed by atoms with E-state index in [1.165, 1.54) is 62.2 Å². The minimum absolute atomic E-state index is 0.0120. The number of rotatable bonds is 7. The molecule has 0 aliphatic rings. The van der Waals surface area contributed by atoms with Crippen molar-refractivity contribution in [3.8, 4) is 5.88 Å². The number of sulfonamides is 1. The Bertz CT molecular complexity index is 1190. The van der Waals surface area contributed by atoms with Gasteiger partial charge in [0.15, 0.2) is 5.11 Å². The molecule has 0 unspecified atom stereocenters. The Morgan fingerprint density at radius 1 is 1.16 bits per heavy atom. The summed E-state index contributed by atoms with van der Waals surface area (Å²) in [7, 11) is -2.56. The molecule has 3 aromatic rings. The van der Waals surface area contributed by atoms with Crippen LogP contribution in [0.4, 0.5) is 11.5 Å². The topological polar surface area (TPSA) is 135 Å². The zero-order valence-electron chi connectivity index (χ0n) is 16.1. The molecule has 2 aromatic heterocycles. The van der Waals surface area contributed by atoms with E-state index in [2.05, 4.69) is 25.3 Å². The van der Waals surface area contributed by atoms with E-state index < -0.39 is 15.9 Å². The number of furan rings is 1. The quantitative estimate of drug-likeness (QED) is 0.359. The normalized spacial score (nSPS) is 11.1. The van der Waals surface area contributed by atoms with Crippen LogP contribution in [0.15, 0.2) is 70.4 Å². The first-order valence-electron chi connectivity index (χ1n) is 8.69. The highest BCUT2D eigenvalue weighted by molar-refractivity contribution is 7.92. The summed E-state index contributed by atoms with van der Waals surface area (Å²) in [6.07, 6.45) is 6.98. The van der Waals surface area contributed by atoms with Crippen LogP contribution in [0.5, 0.6) is 5.88 Å². The summed E-state index contributed by atoms with van der Waals surface area (Å²) < 4.78 is 37.5. The summed E-state index contributed by atoms with van der Waals surface area (Å²) in [5.74, 6) is 0.0963. The van der Waals surface area contributed by atoms with Gasteiger partial charge in [0, 0.05) is 24.2 Å². The van der Waals surface area contributed by atoms with Gasteiger partial charge in [0.05, 0.1) is 18.3 Å². The molecule has 0 fully saturated rings. The Morgan fingerprint density at radius 2 is 1.90 bits per heavy atom. The van der Waals surface area contributed by atoms with E-state index in [9.17, 15) is 13.2 Å². The third-order valence-corrected chi connectivity index (χ3v) is 5.25. The summed E-state index contributed by atoms with van der Waals surface area (Å²) in [5.41, 5.74) is 0.483. The van der Waals surface area contributed by atoms with E-state index >= 15 is 0 Å². The molecule has 0 atom stereocenters. The number of aromatic nitrogens is 2. The predicted octanol–water partition coefficient (Wildman–Crippen LogP) is 2.41. The number of thiocarbonyl (C=S) groups is 1. The predicted molar refractivity (Wildman–Crippen MR) is 118 cm³/mol. The van der Waals surface area contributed by atoms with Crippen molar-refractivity contribution in [1.29, 1.82) is 0 Å². The monoisotopic (exact) mass is 459 g/mol. The van der Waals surface area contributed by atoms with Crippen LogP contribution < -0.4 is 20.1 Å². The molecule has 1 amide bonds. The second kappa shape index (κ2) is 9.82. The van der Waals surface area contributed by atoms with E-state index in [4.69, 9.17) is 21.4 Å². The zero-order valence-corrected chi connectivity index (χ0v) is 17.7. The van der Waals surface area contributed by atoms with Crippen LogP contribution in [0.1, 0.15) is 5.76 Å². The molecular weight excluding hydrogens is 442 g/mol. The average molecular weight is 460 g/mol. The number of ether oxygens (including phenoxy) is 1. The van der Waals surface area contributed by atoms with Crippen LogP contribution in [0.3, 0.4) is 0 Å². The molecule has 0 bridgehead atoms. The van der Waals surface area contributed by atoms with Gasteiger partial charge in [-0.1, -0.05) is 0 Å². The fourth-order valence-electron chi connectivity index (χ4n) is 2.31. The number of benzene rings is 1. The third-order valence-electron chi connectivity index (χ3n) is 3.69. The molecule has 0 saturated carbocycles. The lowest BCUT2D eigenvalue weighted by atomic mass is 10.3. The maximum Gasteiger partial charge on any atom is 0.263 e. The minimum Gasteiger partial charge on any atom is -0.478 e. The lowest BCUT2D eigenvalue weighted by Crippen LogP contribution is -2.32. The molecule has 0 radical (unpaired) electrons. The van der Waals surface area contributed by atoms with Crippen LogP contribution in [0.2, 0.25) is 0 Å². The Kier molecular flexibility index (Phi) is 6.95. The molecule has 2 heterocycles. The zero-order chi connectivity index (χ0) is 22.3. The highest BCUT2D eigenvalue weighted by atomic mass is 32.2. The Labute approximate surface area is 183 Å². The molecule has 0 aliphatic carbocycles. The van der Waals surface area contributed by atoms with E-state index in [0.29, 0.717) is 11.4 Å². The summed E-state index contributed by atoms with van der Waals surface area (Å²) >= 11 is 5.09. The molecular formula is C19H17N5O5S2. The van der Waals surface area contributed by atoms with Crippen molar-refractivity contribution in [3.05, 3.63) is 66.9 Å². The molecule has 10 nitrogen and oxygen atoms in total. The molecule has 31 heavy (non-hydrogen) atoms. The van der Waals surface area contributed by atoms with Crippen molar-refractivity contribution in [2.75, 3.05) is 17.1 Å². The number of methoxy groups -OCH3 is 1. The smallest absolute Gasteiger partial charge is 0.263 e. The van der Waals surface area contributed by atoms with Crippen molar-refractivity contribution < 1.29 is 22.4 Å². The van der Waals surface area contributed by atoms with Gasteiger partial charge >= 0.3 is 0 Å². The Hall–Kier alpha value is -3.77. The van der Waals surface area contributed by atoms with E-state index in [1.807, 2.05) is 0 Å². The highest BCUT2D eigenvalue weighted by Crippen LogP contribution is 2.22. The van der Waals surface area contributed by atoms with Crippen LogP contribution >= 0.6 is 12.2 Å². The van der Waals surface area contributed by atoms with Gasteiger partial charge in [-0.2, -0.15) is 0 Å². The summed E-state index contributed by atoms with van der Waals surface area (Å²) in [4.78, 5) is 19.7. The molecule has 0 spiro atoms. The number of hydrogen-bond donors (Lipinski definition) is 3. The number of anilines is 2. The van der Waals surface area contributed by atoms with E-state index in [1.54, 1.807) is 12.1 Å².